The second kappa shape index (κ2) is 5.04. The maximum atomic E-state index is 12.5. The van der Waals surface area contributed by atoms with Gasteiger partial charge in [-0.15, -0.1) is 11.3 Å². The summed E-state index contributed by atoms with van der Waals surface area (Å²) in [5.74, 6) is 0.936. The Bertz CT molecular complexity index is 663. The average molecular weight is 402 g/mol. The number of hydrogen-bond acceptors (Lipinski definition) is 3. The molecule has 2 aromatic rings. The number of carbonyl (C=O) groups excluding carboxylic acids is 1. The van der Waals surface area contributed by atoms with E-state index in [0.717, 1.165) is 25.3 Å². The molecule has 1 atom stereocenters. The highest BCUT2D eigenvalue weighted by Crippen LogP contribution is 2.35. The first-order valence-corrected chi connectivity index (χ1v) is 8.24. The van der Waals surface area contributed by atoms with Gasteiger partial charge in [-0.1, -0.05) is 0 Å². The third-order valence-corrected chi connectivity index (χ3v) is 5.40. The van der Waals surface area contributed by atoms with Gasteiger partial charge in [0.1, 0.15) is 11.9 Å². The number of halogens is 2. The average Bonchev–Trinajstić information content (AvgIpc) is 2.88. The molecule has 0 saturated carbocycles. The summed E-state index contributed by atoms with van der Waals surface area (Å²) in [6.45, 7) is 2.04. The molecule has 1 aliphatic rings. The third kappa shape index (κ3) is 2.51. The molecule has 0 aliphatic carbocycles. The van der Waals surface area contributed by atoms with Crippen LogP contribution in [-0.2, 0) is 6.42 Å². The van der Waals surface area contributed by atoms with Crippen molar-refractivity contribution in [2.45, 2.75) is 19.4 Å². The Morgan fingerprint density at radius 1 is 1.37 bits per heavy atom. The summed E-state index contributed by atoms with van der Waals surface area (Å²) in [4.78, 5) is 12.5. The normalized spacial score (nSPS) is 17.1. The van der Waals surface area contributed by atoms with Gasteiger partial charge in [0.2, 0.25) is 0 Å². The third-order valence-electron chi connectivity index (χ3n) is 3.06. The second-order valence-electron chi connectivity index (χ2n) is 4.52. The van der Waals surface area contributed by atoms with Gasteiger partial charge in [-0.25, -0.2) is 0 Å². The Kier molecular flexibility index (Phi) is 3.53. The van der Waals surface area contributed by atoms with Crippen molar-refractivity contribution >= 4 is 49.0 Å². The summed E-state index contributed by atoms with van der Waals surface area (Å²) in [5, 5.41) is 0. The highest BCUT2D eigenvalue weighted by molar-refractivity contribution is 9.12. The Labute approximate surface area is 132 Å². The van der Waals surface area contributed by atoms with Crippen molar-refractivity contribution in [2.75, 3.05) is 0 Å². The van der Waals surface area contributed by atoms with Gasteiger partial charge in [-0.3, -0.25) is 4.79 Å². The Morgan fingerprint density at radius 3 is 2.84 bits per heavy atom. The van der Waals surface area contributed by atoms with Crippen molar-refractivity contribution in [3.05, 3.63) is 48.5 Å². The van der Waals surface area contributed by atoms with Crippen molar-refractivity contribution in [3.63, 3.8) is 0 Å². The molecule has 2 heterocycles. The summed E-state index contributed by atoms with van der Waals surface area (Å²) in [6.07, 6.45) is 1.06. The molecule has 1 aromatic carbocycles. The highest BCUT2D eigenvalue weighted by atomic mass is 79.9. The van der Waals surface area contributed by atoms with Crippen LogP contribution < -0.4 is 4.74 Å². The minimum atomic E-state index is 0.0381. The van der Waals surface area contributed by atoms with Crippen LogP contribution in [0.25, 0.3) is 0 Å². The van der Waals surface area contributed by atoms with Crippen LogP contribution in [0.1, 0.15) is 28.4 Å². The zero-order chi connectivity index (χ0) is 13.6. The lowest BCUT2D eigenvalue weighted by atomic mass is 10.0. The molecule has 2 nitrogen and oxygen atoms in total. The number of carbonyl (C=O) groups is 1. The summed E-state index contributed by atoms with van der Waals surface area (Å²) in [5.41, 5.74) is 2.52. The number of rotatable bonds is 2. The Morgan fingerprint density at radius 2 is 2.16 bits per heavy atom. The Hall–Kier alpha value is -0.650. The van der Waals surface area contributed by atoms with Gasteiger partial charge in [0.05, 0.1) is 7.57 Å². The van der Waals surface area contributed by atoms with Crippen LogP contribution in [-0.4, -0.2) is 11.9 Å². The molecule has 0 bridgehead atoms. The van der Waals surface area contributed by atoms with Crippen molar-refractivity contribution in [2.24, 2.45) is 0 Å². The fourth-order valence-corrected chi connectivity index (χ4v) is 5.01. The smallest absolute Gasteiger partial charge is 0.195 e. The summed E-state index contributed by atoms with van der Waals surface area (Å²) >= 11 is 8.33. The SMILES string of the molecule is CC1Cc2cc(C(=O)c3cc(Br)sc3Br)ccc2O1. The zero-order valence-corrected chi connectivity index (χ0v) is 14.1. The molecule has 0 spiro atoms. The van der Waals surface area contributed by atoms with Gasteiger partial charge in [0.15, 0.2) is 5.78 Å². The molecular formula is C14H10Br2O2S. The van der Waals surface area contributed by atoms with Crippen molar-refractivity contribution in [3.8, 4) is 5.75 Å². The van der Waals surface area contributed by atoms with Gasteiger partial charge in [-0.05, 0) is 68.6 Å². The fourth-order valence-electron chi connectivity index (χ4n) is 2.21. The number of benzene rings is 1. The van der Waals surface area contributed by atoms with E-state index < -0.39 is 0 Å². The van der Waals surface area contributed by atoms with Crippen molar-refractivity contribution in [1.82, 2.24) is 0 Å². The fraction of sp³-hybridized carbons (Fsp3) is 0.214. The summed E-state index contributed by atoms with van der Waals surface area (Å²) in [6, 6.07) is 7.52. The topological polar surface area (TPSA) is 26.3 Å². The molecular weight excluding hydrogens is 392 g/mol. The van der Waals surface area contributed by atoms with E-state index >= 15 is 0 Å². The number of ketones is 1. The van der Waals surface area contributed by atoms with Gasteiger partial charge in [0.25, 0.3) is 0 Å². The van der Waals surface area contributed by atoms with Gasteiger partial charge < -0.3 is 4.74 Å². The molecule has 3 rings (SSSR count). The molecule has 0 fully saturated rings. The first-order valence-electron chi connectivity index (χ1n) is 5.83. The quantitative estimate of drug-likeness (QED) is 0.673. The maximum Gasteiger partial charge on any atom is 0.195 e. The van der Waals surface area contributed by atoms with E-state index in [2.05, 4.69) is 31.9 Å². The van der Waals surface area contributed by atoms with Crippen LogP contribution >= 0.6 is 43.2 Å². The van der Waals surface area contributed by atoms with E-state index in [1.54, 1.807) is 0 Å². The van der Waals surface area contributed by atoms with Crippen LogP contribution in [0.3, 0.4) is 0 Å². The minimum absolute atomic E-state index is 0.0381. The van der Waals surface area contributed by atoms with E-state index in [-0.39, 0.29) is 11.9 Å². The largest absolute Gasteiger partial charge is 0.490 e. The lowest BCUT2D eigenvalue weighted by Crippen LogP contribution is -2.05. The first-order chi connectivity index (χ1) is 9.04. The van der Waals surface area contributed by atoms with Gasteiger partial charge in [0, 0.05) is 17.5 Å². The molecule has 0 radical (unpaired) electrons. The molecule has 19 heavy (non-hydrogen) atoms. The molecule has 1 aliphatic heterocycles. The van der Waals surface area contributed by atoms with Crippen molar-refractivity contribution < 1.29 is 9.53 Å². The molecule has 1 unspecified atom stereocenters. The van der Waals surface area contributed by atoms with E-state index in [0.29, 0.717) is 11.1 Å². The van der Waals surface area contributed by atoms with E-state index in [1.807, 2.05) is 31.2 Å². The first kappa shape index (κ1) is 13.3. The molecule has 98 valence electrons. The molecule has 0 saturated heterocycles. The maximum absolute atomic E-state index is 12.5. The van der Waals surface area contributed by atoms with Crippen LogP contribution in [0, 0.1) is 0 Å². The van der Waals surface area contributed by atoms with E-state index in [1.165, 1.54) is 11.3 Å². The predicted octanol–water partition coefficient (Wildman–Crippen LogP) is 4.83. The lowest BCUT2D eigenvalue weighted by Gasteiger charge is -2.03. The van der Waals surface area contributed by atoms with Gasteiger partial charge >= 0.3 is 0 Å². The second-order valence-corrected chi connectivity index (χ2v) is 8.27. The molecule has 0 amide bonds. The van der Waals surface area contributed by atoms with E-state index in [9.17, 15) is 4.79 Å². The van der Waals surface area contributed by atoms with Crippen LogP contribution in [0.4, 0.5) is 0 Å². The number of hydrogen-bond donors (Lipinski definition) is 0. The standard InChI is InChI=1S/C14H10Br2O2S/c1-7-4-9-5-8(2-3-11(9)18-7)13(17)10-6-12(15)19-14(10)16/h2-3,5-7H,4H2,1H3. The molecule has 1 aromatic heterocycles. The van der Waals surface area contributed by atoms with Crippen molar-refractivity contribution in [1.29, 1.82) is 0 Å². The van der Waals surface area contributed by atoms with E-state index in [4.69, 9.17) is 4.74 Å². The van der Waals surface area contributed by atoms with Crippen LogP contribution in [0.5, 0.6) is 5.75 Å². The highest BCUT2D eigenvalue weighted by Gasteiger charge is 2.22. The van der Waals surface area contributed by atoms with Crippen LogP contribution in [0.15, 0.2) is 31.8 Å². The lowest BCUT2D eigenvalue weighted by molar-refractivity contribution is 0.103. The minimum Gasteiger partial charge on any atom is -0.490 e. The zero-order valence-electron chi connectivity index (χ0n) is 10.1. The Balaban J connectivity index is 1.97. The number of thiophene rings is 1. The molecule has 5 heteroatoms. The molecule has 0 N–H and O–H groups in total. The monoisotopic (exact) mass is 400 g/mol. The summed E-state index contributed by atoms with van der Waals surface area (Å²) < 4.78 is 7.45. The number of fused-ring (bicyclic) bond motifs is 1. The van der Waals surface area contributed by atoms with Gasteiger partial charge in [-0.2, -0.15) is 0 Å². The summed E-state index contributed by atoms with van der Waals surface area (Å²) in [7, 11) is 0. The predicted molar refractivity (Wildman–Crippen MR) is 83.4 cm³/mol. The van der Waals surface area contributed by atoms with Crippen LogP contribution in [0.2, 0.25) is 0 Å². The number of ether oxygens (including phenoxy) is 1.